The van der Waals surface area contributed by atoms with Crippen LogP contribution in [0.1, 0.15) is 51.9 Å². The Kier molecular flexibility index (Phi) is 9.66. The second-order valence-electron chi connectivity index (χ2n) is 4.87. The van der Waals surface area contributed by atoms with Gasteiger partial charge < -0.3 is 14.8 Å². The minimum atomic E-state index is 0.383. The van der Waals surface area contributed by atoms with E-state index < -0.39 is 0 Å². The minimum absolute atomic E-state index is 0.383. The van der Waals surface area contributed by atoms with Crippen molar-refractivity contribution in [2.45, 2.75) is 58.0 Å². The van der Waals surface area contributed by atoms with Gasteiger partial charge in [0, 0.05) is 13.2 Å². The molecule has 1 unspecified atom stereocenters. The largest absolute Gasteiger partial charge is 0.379 e. The van der Waals surface area contributed by atoms with Gasteiger partial charge in [-0.3, -0.25) is 0 Å². The van der Waals surface area contributed by atoms with Crippen molar-refractivity contribution >= 4 is 0 Å². The fourth-order valence-electron chi connectivity index (χ4n) is 2.10. The molecule has 1 rings (SSSR count). The number of rotatable bonds is 11. The smallest absolute Gasteiger partial charge is 0.0809 e. The summed E-state index contributed by atoms with van der Waals surface area (Å²) < 4.78 is 11.1. The van der Waals surface area contributed by atoms with Crippen LogP contribution in [-0.4, -0.2) is 39.0 Å². The predicted octanol–water partition coefficient (Wildman–Crippen LogP) is 2.74. The van der Waals surface area contributed by atoms with Crippen LogP contribution in [0.3, 0.4) is 0 Å². The van der Waals surface area contributed by atoms with Crippen LogP contribution >= 0.6 is 0 Å². The van der Waals surface area contributed by atoms with E-state index in [2.05, 4.69) is 12.2 Å². The minimum Gasteiger partial charge on any atom is -0.379 e. The van der Waals surface area contributed by atoms with E-state index >= 15 is 0 Å². The monoisotopic (exact) mass is 243 g/mol. The number of ether oxygens (including phenoxy) is 2. The summed E-state index contributed by atoms with van der Waals surface area (Å²) in [4.78, 5) is 0. The molecule has 0 aromatic carbocycles. The van der Waals surface area contributed by atoms with E-state index in [9.17, 15) is 0 Å². The molecule has 0 saturated carbocycles. The maximum absolute atomic E-state index is 5.62. The molecule has 0 radical (unpaired) electrons. The van der Waals surface area contributed by atoms with Crippen molar-refractivity contribution in [1.29, 1.82) is 0 Å². The Morgan fingerprint density at radius 3 is 2.82 bits per heavy atom. The first-order chi connectivity index (χ1) is 8.43. The molecule has 0 amide bonds. The Morgan fingerprint density at radius 2 is 2.06 bits per heavy atom. The molecule has 3 nitrogen and oxygen atoms in total. The summed E-state index contributed by atoms with van der Waals surface area (Å²) in [5, 5.41) is 3.43. The van der Waals surface area contributed by atoms with E-state index in [1.807, 2.05) is 0 Å². The molecule has 102 valence electrons. The molecule has 3 heteroatoms. The number of unbranched alkanes of at least 4 members (excludes halogenated alkanes) is 3. The van der Waals surface area contributed by atoms with Crippen LogP contribution in [0.25, 0.3) is 0 Å². The third kappa shape index (κ3) is 8.58. The van der Waals surface area contributed by atoms with Crippen LogP contribution in [-0.2, 0) is 9.47 Å². The van der Waals surface area contributed by atoms with Crippen LogP contribution in [0.4, 0.5) is 0 Å². The maximum atomic E-state index is 5.62. The van der Waals surface area contributed by atoms with E-state index in [-0.39, 0.29) is 0 Å². The van der Waals surface area contributed by atoms with Crippen LogP contribution in [0, 0.1) is 0 Å². The first kappa shape index (κ1) is 14.9. The van der Waals surface area contributed by atoms with Crippen molar-refractivity contribution in [1.82, 2.24) is 5.32 Å². The standard InChI is InChI=1S/C14H29NO2/c1-2-9-15-10-5-3-4-6-11-16-13-14-8-7-12-17-14/h14-15H,2-13H2,1H3. The summed E-state index contributed by atoms with van der Waals surface area (Å²) in [5.41, 5.74) is 0. The molecule has 1 saturated heterocycles. The lowest BCUT2D eigenvalue weighted by molar-refractivity contribution is 0.0161. The quantitative estimate of drug-likeness (QED) is 0.566. The van der Waals surface area contributed by atoms with Crippen LogP contribution in [0.5, 0.6) is 0 Å². The summed E-state index contributed by atoms with van der Waals surface area (Å²) in [7, 11) is 0. The fourth-order valence-corrected chi connectivity index (χ4v) is 2.10. The lowest BCUT2D eigenvalue weighted by Crippen LogP contribution is -2.16. The lowest BCUT2D eigenvalue weighted by atomic mass is 10.2. The molecular formula is C14H29NO2. The molecular weight excluding hydrogens is 214 g/mol. The average molecular weight is 243 g/mol. The van der Waals surface area contributed by atoms with Gasteiger partial charge in [-0.25, -0.2) is 0 Å². The van der Waals surface area contributed by atoms with Gasteiger partial charge in [0.1, 0.15) is 0 Å². The van der Waals surface area contributed by atoms with Crippen LogP contribution in [0.2, 0.25) is 0 Å². The molecule has 1 aliphatic heterocycles. The van der Waals surface area contributed by atoms with E-state index in [0.717, 1.165) is 26.4 Å². The molecule has 0 bridgehead atoms. The number of hydrogen-bond acceptors (Lipinski definition) is 3. The highest BCUT2D eigenvalue weighted by Crippen LogP contribution is 2.12. The zero-order valence-electron chi connectivity index (χ0n) is 11.4. The molecule has 1 aliphatic rings. The normalized spacial score (nSPS) is 19.9. The molecule has 1 N–H and O–H groups in total. The molecule has 0 spiro atoms. The second-order valence-corrected chi connectivity index (χ2v) is 4.87. The van der Waals surface area contributed by atoms with Gasteiger partial charge in [0.2, 0.25) is 0 Å². The molecule has 1 heterocycles. The Hall–Kier alpha value is -0.120. The molecule has 0 aromatic heterocycles. The van der Waals surface area contributed by atoms with Gasteiger partial charge in [-0.05, 0) is 45.2 Å². The average Bonchev–Trinajstić information content (AvgIpc) is 2.85. The molecule has 0 aliphatic carbocycles. The third-order valence-corrected chi connectivity index (χ3v) is 3.15. The topological polar surface area (TPSA) is 30.5 Å². The Bertz CT molecular complexity index is 158. The SMILES string of the molecule is CCCNCCCCCCOCC1CCCO1. The van der Waals surface area contributed by atoms with Gasteiger partial charge in [-0.15, -0.1) is 0 Å². The third-order valence-electron chi connectivity index (χ3n) is 3.15. The van der Waals surface area contributed by atoms with E-state index in [1.165, 1.54) is 51.5 Å². The zero-order chi connectivity index (χ0) is 12.2. The summed E-state index contributed by atoms with van der Waals surface area (Å²) in [6.45, 7) is 7.17. The highest BCUT2D eigenvalue weighted by Gasteiger charge is 2.14. The van der Waals surface area contributed by atoms with Crippen molar-refractivity contribution in [3.8, 4) is 0 Å². The van der Waals surface area contributed by atoms with E-state index in [0.29, 0.717) is 6.10 Å². The van der Waals surface area contributed by atoms with Crippen molar-refractivity contribution in [3.05, 3.63) is 0 Å². The van der Waals surface area contributed by atoms with Gasteiger partial charge in [-0.2, -0.15) is 0 Å². The predicted molar refractivity (Wildman–Crippen MR) is 71.4 cm³/mol. The highest BCUT2D eigenvalue weighted by atomic mass is 16.5. The summed E-state index contributed by atoms with van der Waals surface area (Å²) in [5.74, 6) is 0. The van der Waals surface area contributed by atoms with Gasteiger partial charge in [0.25, 0.3) is 0 Å². The van der Waals surface area contributed by atoms with Crippen molar-refractivity contribution in [3.63, 3.8) is 0 Å². The van der Waals surface area contributed by atoms with Gasteiger partial charge in [-0.1, -0.05) is 19.8 Å². The van der Waals surface area contributed by atoms with Crippen molar-refractivity contribution < 1.29 is 9.47 Å². The summed E-state index contributed by atoms with van der Waals surface area (Å²) >= 11 is 0. The summed E-state index contributed by atoms with van der Waals surface area (Å²) in [6.07, 6.45) is 9.11. The summed E-state index contributed by atoms with van der Waals surface area (Å²) in [6, 6.07) is 0. The molecule has 1 fully saturated rings. The Balaban J connectivity index is 1.69. The Morgan fingerprint density at radius 1 is 1.18 bits per heavy atom. The highest BCUT2D eigenvalue weighted by molar-refractivity contribution is 4.63. The van der Waals surface area contributed by atoms with Gasteiger partial charge in [0.15, 0.2) is 0 Å². The maximum Gasteiger partial charge on any atom is 0.0809 e. The number of hydrogen-bond donors (Lipinski definition) is 1. The molecule has 17 heavy (non-hydrogen) atoms. The van der Waals surface area contributed by atoms with Crippen LogP contribution < -0.4 is 5.32 Å². The first-order valence-electron chi connectivity index (χ1n) is 7.33. The molecule has 1 atom stereocenters. The fraction of sp³-hybridized carbons (Fsp3) is 1.00. The van der Waals surface area contributed by atoms with E-state index in [1.54, 1.807) is 0 Å². The first-order valence-corrected chi connectivity index (χ1v) is 7.33. The number of nitrogens with one attached hydrogen (secondary N) is 1. The Labute approximate surface area is 106 Å². The lowest BCUT2D eigenvalue weighted by Gasteiger charge is -2.09. The van der Waals surface area contributed by atoms with E-state index in [4.69, 9.17) is 9.47 Å². The zero-order valence-corrected chi connectivity index (χ0v) is 11.4. The van der Waals surface area contributed by atoms with Crippen molar-refractivity contribution in [2.75, 3.05) is 32.9 Å². The molecule has 0 aromatic rings. The van der Waals surface area contributed by atoms with Gasteiger partial charge in [0.05, 0.1) is 12.7 Å². The van der Waals surface area contributed by atoms with Crippen LogP contribution in [0.15, 0.2) is 0 Å². The van der Waals surface area contributed by atoms with Gasteiger partial charge >= 0.3 is 0 Å². The second kappa shape index (κ2) is 11.0. The van der Waals surface area contributed by atoms with Crippen molar-refractivity contribution in [2.24, 2.45) is 0 Å².